The zero-order valence-corrected chi connectivity index (χ0v) is 12.5. The van der Waals surface area contributed by atoms with Crippen molar-refractivity contribution in [2.24, 2.45) is 11.8 Å². The molecule has 1 saturated heterocycles. The molecule has 0 N–H and O–H groups in total. The summed E-state index contributed by atoms with van der Waals surface area (Å²) >= 11 is 3.75. The van der Waals surface area contributed by atoms with E-state index in [2.05, 4.69) is 41.6 Å². The lowest BCUT2D eigenvalue weighted by molar-refractivity contribution is 0.0859. The highest BCUT2D eigenvalue weighted by molar-refractivity contribution is 9.09. The van der Waals surface area contributed by atoms with E-state index < -0.39 is 0 Å². The van der Waals surface area contributed by atoms with Crippen LogP contribution in [0.5, 0.6) is 0 Å². The van der Waals surface area contributed by atoms with Crippen LogP contribution in [0.1, 0.15) is 33.6 Å². The lowest BCUT2D eigenvalue weighted by atomic mass is 9.99. The number of hydrogen-bond acceptors (Lipinski definition) is 2. The quantitative estimate of drug-likeness (QED) is 0.551. The maximum Gasteiger partial charge on any atom is 0.0593 e. The number of likely N-dealkylation sites (tertiary alicyclic amines) is 1. The topological polar surface area (TPSA) is 12.5 Å². The summed E-state index contributed by atoms with van der Waals surface area (Å²) in [6, 6.07) is 0. The molecule has 1 aliphatic rings. The first-order chi connectivity index (χ1) is 7.59. The first kappa shape index (κ1) is 14.5. The van der Waals surface area contributed by atoms with Crippen LogP contribution in [0.15, 0.2) is 0 Å². The summed E-state index contributed by atoms with van der Waals surface area (Å²) in [4.78, 5) is 3.17. The smallest absolute Gasteiger partial charge is 0.0593 e. The van der Waals surface area contributed by atoms with E-state index in [9.17, 15) is 0 Å². The van der Waals surface area contributed by atoms with E-state index in [0.29, 0.717) is 4.83 Å². The molecule has 0 amide bonds. The largest absolute Gasteiger partial charge is 0.380 e. The Balaban J connectivity index is 2.01. The Morgan fingerprint density at radius 3 is 2.75 bits per heavy atom. The number of alkyl halides is 1. The molecule has 2 atom stereocenters. The number of piperidine rings is 1. The molecule has 96 valence electrons. The molecule has 1 fully saturated rings. The van der Waals surface area contributed by atoms with Gasteiger partial charge in [0, 0.05) is 24.5 Å². The van der Waals surface area contributed by atoms with Gasteiger partial charge in [-0.3, -0.25) is 4.90 Å². The van der Waals surface area contributed by atoms with Crippen LogP contribution < -0.4 is 0 Å². The van der Waals surface area contributed by atoms with Crippen LogP contribution >= 0.6 is 15.9 Å². The van der Waals surface area contributed by atoms with E-state index in [1.807, 2.05) is 0 Å². The van der Waals surface area contributed by atoms with Crippen molar-refractivity contribution in [2.75, 3.05) is 32.8 Å². The molecule has 0 bridgehead atoms. The van der Waals surface area contributed by atoms with Gasteiger partial charge in [-0.1, -0.05) is 36.7 Å². The van der Waals surface area contributed by atoms with Crippen LogP contribution in [0.4, 0.5) is 0 Å². The van der Waals surface area contributed by atoms with E-state index in [4.69, 9.17) is 4.74 Å². The van der Waals surface area contributed by atoms with Crippen LogP contribution in [-0.2, 0) is 4.74 Å². The molecule has 0 aliphatic carbocycles. The van der Waals surface area contributed by atoms with Crippen LogP contribution in [0.3, 0.4) is 0 Å². The molecule has 0 spiro atoms. The minimum Gasteiger partial charge on any atom is -0.380 e. The van der Waals surface area contributed by atoms with Gasteiger partial charge >= 0.3 is 0 Å². The summed E-state index contributed by atoms with van der Waals surface area (Å²) in [5.41, 5.74) is 0. The van der Waals surface area contributed by atoms with Gasteiger partial charge in [0.05, 0.1) is 6.61 Å². The van der Waals surface area contributed by atoms with Gasteiger partial charge in [0.15, 0.2) is 0 Å². The van der Waals surface area contributed by atoms with Crippen molar-refractivity contribution in [3.63, 3.8) is 0 Å². The lowest BCUT2D eigenvalue weighted by Crippen LogP contribution is -2.41. The van der Waals surface area contributed by atoms with Crippen LogP contribution in [0.25, 0.3) is 0 Å². The van der Waals surface area contributed by atoms with E-state index in [-0.39, 0.29) is 0 Å². The Bertz CT molecular complexity index is 187. The zero-order valence-electron chi connectivity index (χ0n) is 10.9. The molecule has 3 heteroatoms. The first-order valence-corrected chi connectivity index (χ1v) is 7.45. The van der Waals surface area contributed by atoms with Crippen molar-refractivity contribution in [2.45, 2.75) is 38.4 Å². The maximum absolute atomic E-state index is 5.65. The average molecular weight is 292 g/mol. The standard InChI is InChI=1S/C13H26BrNO/c1-11(2)5-8-16-9-7-15-6-4-12(3)13(14)10-15/h11-13H,4-10H2,1-3H3. The van der Waals surface area contributed by atoms with Crippen LogP contribution in [-0.4, -0.2) is 42.6 Å². The Morgan fingerprint density at radius 2 is 2.12 bits per heavy atom. The summed E-state index contributed by atoms with van der Waals surface area (Å²) in [5.74, 6) is 1.57. The Kier molecular flexibility index (Phi) is 6.94. The normalized spacial score (nSPS) is 27.6. The van der Waals surface area contributed by atoms with Crippen molar-refractivity contribution in [1.29, 1.82) is 0 Å². The van der Waals surface area contributed by atoms with E-state index in [1.54, 1.807) is 0 Å². The lowest BCUT2D eigenvalue weighted by Gasteiger charge is -2.34. The summed E-state index contributed by atoms with van der Waals surface area (Å²) in [6.07, 6.45) is 2.49. The van der Waals surface area contributed by atoms with Crippen molar-refractivity contribution < 1.29 is 4.74 Å². The van der Waals surface area contributed by atoms with Gasteiger partial charge in [-0.2, -0.15) is 0 Å². The molecule has 0 radical (unpaired) electrons. The molecular weight excluding hydrogens is 266 g/mol. The number of halogens is 1. The first-order valence-electron chi connectivity index (χ1n) is 6.53. The molecule has 0 aromatic heterocycles. The monoisotopic (exact) mass is 291 g/mol. The summed E-state index contributed by atoms with van der Waals surface area (Å²) < 4.78 is 5.65. The summed E-state index contributed by atoms with van der Waals surface area (Å²) in [7, 11) is 0. The van der Waals surface area contributed by atoms with Crippen LogP contribution in [0, 0.1) is 11.8 Å². The number of nitrogens with zero attached hydrogens (tertiary/aromatic N) is 1. The van der Waals surface area contributed by atoms with Gasteiger partial charge in [-0.05, 0) is 31.2 Å². The highest BCUT2D eigenvalue weighted by Crippen LogP contribution is 2.22. The fraction of sp³-hybridized carbons (Fsp3) is 1.00. The number of hydrogen-bond donors (Lipinski definition) is 0. The fourth-order valence-electron chi connectivity index (χ4n) is 1.90. The van der Waals surface area contributed by atoms with E-state index in [1.165, 1.54) is 25.9 Å². The van der Waals surface area contributed by atoms with Crippen molar-refractivity contribution in [3.8, 4) is 0 Å². The highest BCUT2D eigenvalue weighted by Gasteiger charge is 2.23. The molecule has 1 aliphatic heterocycles. The third-order valence-electron chi connectivity index (χ3n) is 3.34. The SMILES string of the molecule is CC(C)CCOCCN1CCC(C)C(Br)C1. The minimum absolute atomic E-state index is 0.664. The molecular formula is C13H26BrNO. The summed E-state index contributed by atoms with van der Waals surface area (Å²) in [5, 5.41) is 0. The predicted molar refractivity (Wildman–Crippen MR) is 73.2 cm³/mol. The molecule has 0 aromatic rings. The zero-order chi connectivity index (χ0) is 12.0. The molecule has 16 heavy (non-hydrogen) atoms. The van der Waals surface area contributed by atoms with Crippen molar-refractivity contribution in [1.82, 2.24) is 4.90 Å². The van der Waals surface area contributed by atoms with Crippen molar-refractivity contribution in [3.05, 3.63) is 0 Å². The molecule has 0 aromatic carbocycles. The Hall–Kier alpha value is 0.400. The summed E-state index contributed by atoms with van der Waals surface area (Å²) in [6.45, 7) is 12.1. The third-order valence-corrected chi connectivity index (χ3v) is 4.53. The third kappa shape index (κ3) is 5.65. The fourth-order valence-corrected chi connectivity index (χ4v) is 2.58. The van der Waals surface area contributed by atoms with Gasteiger partial charge in [0.1, 0.15) is 0 Å². The molecule has 2 unspecified atom stereocenters. The molecule has 1 heterocycles. The molecule has 1 rings (SSSR count). The number of rotatable bonds is 6. The van der Waals surface area contributed by atoms with Gasteiger partial charge in [-0.15, -0.1) is 0 Å². The maximum atomic E-state index is 5.65. The second-order valence-corrected chi connectivity index (χ2v) is 6.55. The minimum atomic E-state index is 0.664. The van der Waals surface area contributed by atoms with Crippen LogP contribution in [0.2, 0.25) is 0 Å². The van der Waals surface area contributed by atoms with Gasteiger partial charge < -0.3 is 4.74 Å². The van der Waals surface area contributed by atoms with E-state index >= 15 is 0 Å². The van der Waals surface area contributed by atoms with Crippen molar-refractivity contribution >= 4 is 15.9 Å². The predicted octanol–water partition coefficient (Wildman–Crippen LogP) is 3.15. The number of ether oxygens (including phenoxy) is 1. The molecule has 0 saturated carbocycles. The Labute approximate surface area is 109 Å². The second-order valence-electron chi connectivity index (χ2n) is 5.38. The highest BCUT2D eigenvalue weighted by atomic mass is 79.9. The van der Waals surface area contributed by atoms with Gasteiger partial charge in [0.25, 0.3) is 0 Å². The second kappa shape index (κ2) is 7.67. The van der Waals surface area contributed by atoms with Gasteiger partial charge in [-0.25, -0.2) is 0 Å². The van der Waals surface area contributed by atoms with Gasteiger partial charge in [0.2, 0.25) is 0 Å². The Morgan fingerprint density at radius 1 is 1.38 bits per heavy atom. The molecule has 2 nitrogen and oxygen atoms in total. The average Bonchev–Trinajstić information content (AvgIpc) is 2.22. The van der Waals surface area contributed by atoms with E-state index in [0.717, 1.165) is 31.6 Å².